The summed E-state index contributed by atoms with van der Waals surface area (Å²) in [5.74, 6) is 0.609. The molecular formula is C19H19N. The lowest BCUT2D eigenvalue weighted by molar-refractivity contribution is 0.639. The third-order valence-electron chi connectivity index (χ3n) is 4.64. The van der Waals surface area contributed by atoms with Crippen molar-refractivity contribution in [2.24, 2.45) is 4.99 Å². The second-order valence-corrected chi connectivity index (χ2v) is 5.85. The Kier molecular flexibility index (Phi) is 2.91. The largest absolute Gasteiger partial charge is 0.293 e. The van der Waals surface area contributed by atoms with Gasteiger partial charge in [-0.1, -0.05) is 48.5 Å². The predicted molar refractivity (Wildman–Crippen MR) is 84.5 cm³/mol. The van der Waals surface area contributed by atoms with Crippen molar-refractivity contribution in [3.8, 4) is 11.1 Å². The molecule has 1 heterocycles. The number of hydrogen-bond acceptors (Lipinski definition) is 1. The molecule has 100 valence electrons. The first kappa shape index (κ1) is 11.9. The van der Waals surface area contributed by atoms with E-state index in [2.05, 4.69) is 48.5 Å². The van der Waals surface area contributed by atoms with Crippen LogP contribution < -0.4 is 0 Å². The zero-order valence-electron chi connectivity index (χ0n) is 11.7. The molecule has 20 heavy (non-hydrogen) atoms. The number of rotatable bonds is 1. The van der Waals surface area contributed by atoms with Gasteiger partial charge in [-0.3, -0.25) is 4.99 Å². The molecule has 1 aliphatic heterocycles. The standard InChI is InChI=1S/C19H19N/c1-2-5-14(6-3-1)15-8-10-17-16(13-15)9-11-19-18(17)7-4-12-20-19/h1-3,5-6,8,10,13,18H,4,7,9,11-12H2. The normalized spacial score (nSPS) is 20.8. The molecule has 0 amide bonds. The van der Waals surface area contributed by atoms with E-state index in [-0.39, 0.29) is 0 Å². The summed E-state index contributed by atoms with van der Waals surface area (Å²) >= 11 is 0. The van der Waals surface area contributed by atoms with Crippen molar-refractivity contribution < 1.29 is 0 Å². The number of fused-ring (bicyclic) bond motifs is 3. The Morgan fingerprint density at radius 1 is 0.900 bits per heavy atom. The maximum Gasteiger partial charge on any atom is 0.0389 e. The Morgan fingerprint density at radius 2 is 1.80 bits per heavy atom. The molecule has 0 saturated heterocycles. The zero-order valence-corrected chi connectivity index (χ0v) is 11.7. The van der Waals surface area contributed by atoms with Gasteiger partial charge in [0.15, 0.2) is 0 Å². The first-order valence-corrected chi connectivity index (χ1v) is 7.63. The molecule has 0 aromatic heterocycles. The first-order valence-electron chi connectivity index (χ1n) is 7.63. The van der Waals surface area contributed by atoms with E-state index >= 15 is 0 Å². The Labute approximate surface area is 120 Å². The lowest BCUT2D eigenvalue weighted by Crippen LogP contribution is -2.24. The van der Waals surface area contributed by atoms with Crippen LogP contribution in [0.2, 0.25) is 0 Å². The molecule has 2 aromatic rings. The second-order valence-electron chi connectivity index (χ2n) is 5.85. The fourth-order valence-corrected chi connectivity index (χ4v) is 3.62. The topological polar surface area (TPSA) is 12.4 Å². The molecule has 0 saturated carbocycles. The molecule has 2 aromatic carbocycles. The SMILES string of the molecule is c1ccc(-c2ccc3c(c2)CCC2=NCCCC23)cc1. The highest BCUT2D eigenvalue weighted by Crippen LogP contribution is 2.37. The van der Waals surface area contributed by atoms with E-state index in [1.807, 2.05) is 0 Å². The number of benzene rings is 2. The van der Waals surface area contributed by atoms with Gasteiger partial charge in [-0.05, 0) is 47.9 Å². The van der Waals surface area contributed by atoms with Crippen LogP contribution in [0, 0.1) is 0 Å². The fraction of sp³-hybridized carbons (Fsp3) is 0.316. The van der Waals surface area contributed by atoms with Gasteiger partial charge in [-0.15, -0.1) is 0 Å². The maximum absolute atomic E-state index is 4.75. The van der Waals surface area contributed by atoms with Crippen molar-refractivity contribution in [1.29, 1.82) is 0 Å². The minimum absolute atomic E-state index is 0.609. The molecule has 1 unspecified atom stereocenters. The summed E-state index contributed by atoms with van der Waals surface area (Å²) in [5, 5.41) is 0. The van der Waals surface area contributed by atoms with Crippen LogP contribution >= 0.6 is 0 Å². The molecule has 1 aliphatic carbocycles. The van der Waals surface area contributed by atoms with Crippen LogP contribution in [-0.4, -0.2) is 12.3 Å². The summed E-state index contributed by atoms with van der Waals surface area (Å²) in [4.78, 5) is 4.75. The van der Waals surface area contributed by atoms with E-state index < -0.39 is 0 Å². The van der Waals surface area contributed by atoms with Gasteiger partial charge in [-0.25, -0.2) is 0 Å². The number of hydrogen-bond donors (Lipinski definition) is 0. The predicted octanol–water partition coefficient (Wildman–Crippen LogP) is 4.62. The first-order chi connectivity index (χ1) is 9.92. The molecule has 1 atom stereocenters. The second kappa shape index (κ2) is 4.90. The minimum atomic E-state index is 0.609. The molecule has 0 spiro atoms. The highest BCUT2D eigenvalue weighted by Gasteiger charge is 2.27. The highest BCUT2D eigenvalue weighted by atomic mass is 14.8. The summed E-state index contributed by atoms with van der Waals surface area (Å²) < 4.78 is 0. The molecule has 1 heteroatoms. The Morgan fingerprint density at radius 3 is 2.70 bits per heavy atom. The number of aliphatic imine (C=N–C) groups is 1. The Balaban J connectivity index is 1.76. The van der Waals surface area contributed by atoms with E-state index in [1.165, 1.54) is 40.8 Å². The molecule has 0 bridgehead atoms. The molecule has 2 aliphatic rings. The third kappa shape index (κ3) is 1.98. The van der Waals surface area contributed by atoms with Gasteiger partial charge in [0.05, 0.1) is 0 Å². The van der Waals surface area contributed by atoms with Crippen LogP contribution in [0.5, 0.6) is 0 Å². The lowest BCUT2D eigenvalue weighted by Gasteiger charge is -2.30. The van der Waals surface area contributed by atoms with E-state index in [4.69, 9.17) is 4.99 Å². The molecule has 4 rings (SSSR count). The minimum Gasteiger partial charge on any atom is -0.293 e. The van der Waals surface area contributed by atoms with Crippen molar-refractivity contribution >= 4 is 5.71 Å². The average Bonchev–Trinajstić information content (AvgIpc) is 2.55. The van der Waals surface area contributed by atoms with Crippen molar-refractivity contribution in [1.82, 2.24) is 0 Å². The van der Waals surface area contributed by atoms with E-state index in [0.717, 1.165) is 19.4 Å². The molecule has 0 N–H and O–H groups in total. The van der Waals surface area contributed by atoms with Crippen LogP contribution in [0.1, 0.15) is 36.3 Å². The summed E-state index contributed by atoms with van der Waals surface area (Å²) in [7, 11) is 0. The van der Waals surface area contributed by atoms with Crippen LogP contribution in [0.25, 0.3) is 11.1 Å². The van der Waals surface area contributed by atoms with Gasteiger partial charge in [0.1, 0.15) is 0 Å². The van der Waals surface area contributed by atoms with Gasteiger partial charge in [0, 0.05) is 18.2 Å². The van der Waals surface area contributed by atoms with Crippen LogP contribution in [0.15, 0.2) is 53.5 Å². The summed E-state index contributed by atoms with van der Waals surface area (Å²) in [6.07, 6.45) is 4.85. The van der Waals surface area contributed by atoms with E-state index in [9.17, 15) is 0 Å². The van der Waals surface area contributed by atoms with Crippen LogP contribution in [0.4, 0.5) is 0 Å². The summed E-state index contributed by atoms with van der Waals surface area (Å²) in [6.45, 7) is 1.04. The highest BCUT2D eigenvalue weighted by molar-refractivity contribution is 5.93. The van der Waals surface area contributed by atoms with Crippen molar-refractivity contribution in [3.05, 3.63) is 59.7 Å². The van der Waals surface area contributed by atoms with Gasteiger partial charge in [0.25, 0.3) is 0 Å². The lowest BCUT2D eigenvalue weighted by atomic mass is 9.77. The van der Waals surface area contributed by atoms with Gasteiger partial charge >= 0.3 is 0 Å². The van der Waals surface area contributed by atoms with Crippen molar-refractivity contribution in [3.63, 3.8) is 0 Å². The summed E-state index contributed by atoms with van der Waals surface area (Å²) in [6, 6.07) is 17.7. The van der Waals surface area contributed by atoms with Crippen molar-refractivity contribution in [2.45, 2.75) is 31.6 Å². The van der Waals surface area contributed by atoms with E-state index in [1.54, 1.807) is 0 Å². The zero-order chi connectivity index (χ0) is 13.4. The van der Waals surface area contributed by atoms with Crippen LogP contribution in [-0.2, 0) is 6.42 Å². The monoisotopic (exact) mass is 261 g/mol. The van der Waals surface area contributed by atoms with Gasteiger partial charge < -0.3 is 0 Å². The average molecular weight is 261 g/mol. The molecule has 0 radical (unpaired) electrons. The van der Waals surface area contributed by atoms with Gasteiger partial charge in [-0.2, -0.15) is 0 Å². The molecule has 0 fully saturated rings. The van der Waals surface area contributed by atoms with Gasteiger partial charge in [0.2, 0.25) is 0 Å². The smallest absolute Gasteiger partial charge is 0.0389 e. The Bertz CT molecular complexity index is 655. The fourth-order valence-electron chi connectivity index (χ4n) is 3.62. The summed E-state index contributed by atoms with van der Waals surface area (Å²) in [5.41, 5.74) is 7.20. The number of aryl methyl sites for hydroxylation is 1. The quantitative estimate of drug-likeness (QED) is 0.710. The Hall–Kier alpha value is -1.89. The van der Waals surface area contributed by atoms with Crippen LogP contribution in [0.3, 0.4) is 0 Å². The van der Waals surface area contributed by atoms with E-state index in [0.29, 0.717) is 5.92 Å². The molecule has 1 nitrogen and oxygen atoms in total. The number of nitrogens with zero attached hydrogens (tertiary/aromatic N) is 1. The third-order valence-corrected chi connectivity index (χ3v) is 4.64. The maximum atomic E-state index is 4.75. The molecular weight excluding hydrogens is 242 g/mol. The van der Waals surface area contributed by atoms with Crippen molar-refractivity contribution in [2.75, 3.05) is 6.54 Å².